The van der Waals surface area contributed by atoms with Gasteiger partial charge in [-0.1, -0.05) is 17.7 Å². The van der Waals surface area contributed by atoms with Crippen molar-refractivity contribution in [3.8, 4) is 0 Å². The van der Waals surface area contributed by atoms with Gasteiger partial charge in [0.25, 0.3) is 0 Å². The molecule has 0 amide bonds. The predicted molar refractivity (Wildman–Crippen MR) is 58.5 cm³/mol. The number of hydrogen-bond donors (Lipinski definition) is 1. The van der Waals surface area contributed by atoms with E-state index in [9.17, 15) is 0 Å². The van der Waals surface area contributed by atoms with Crippen molar-refractivity contribution in [2.24, 2.45) is 0 Å². The zero-order chi connectivity index (χ0) is 9.68. The molecule has 13 heavy (non-hydrogen) atoms. The van der Waals surface area contributed by atoms with Gasteiger partial charge in [0.2, 0.25) is 0 Å². The Morgan fingerprint density at radius 3 is 2.77 bits per heavy atom. The predicted octanol–water partition coefficient (Wildman–Crippen LogP) is 2.31. The van der Waals surface area contributed by atoms with Crippen molar-refractivity contribution in [1.29, 1.82) is 0 Å². The third-order valence-electron chi connectivity index (χ3n) is 1.71. The molecule has 72 valence electrons. The van der Waals surface area contributed by atoms with Gasteiger partial charge < -0.3 is 10.2 Å². The molecule has 2 nitrogen and oxygen atoms in total. The fourth-order valence-electron chi connectivity index (χ4n) is 1.02. The van der Waals surface area contributed by atoms with E-state index in [-0.39, 0.29) is 0 Å². The Balaban J connectivity index is 2.37. The second kappa shape index (κ2) is 5.10. The Morgan fingerprint density at radius 2 is 2.15 bits per heavy atom. The van der Waals surface area contributed by atoms with Crippen molar-refractivity contribution >= 4 is 17.3 Å². The molecule has 0 bridgehead atoms. The summed E-state index contributed by atoms with van der Waals surface area (Å²) < 4.78 is 0. The normalized spacial score (nSPS) is 10.5. The van der Waals surface area contributed by atoms with E-state index in [1.165, 1.54) is 0 Å². The fraction of sp³-hybridized carbons (Fsp3) is 0.400. The molecule has 0 radical (unpaired) electrons. The standard InChI is InChI=1S/C10H15ClN2/c1-13(2)7-6-12-10-5-3-4-9(11)8-10/h3-5,8,12H,6-7H2,1-2H3. The van der Waals surface area contributed by atoms with Gasteiger partial charge in [-0.25, -0.2) is 0 Å². The Labute approximate surface area is 84.5 Å². The van der Waals surface area contributed by atoms with Gasteiger partial charge in [-0.3, -0.25) is 0 Å². The van der Waals surface area contributed by atoms with Crippen LogP contribution in [-0.4, -0.2) is 32.1 Å². The van der Waals surface area contributed by atoms with Crippen LogP contribution < -0.4 is 5.32 Å². The minimum atomic E-state index is 0.773. The first-order chi connectivity index (χ1) is 6.18. The lowest BCUT2D eigenvalue weighted by molar-refractivity contribution is 0.425. The van der Waals surface area contributed by atoms with E-state index in [2.05, 4.69) is 24.3 Å². The number of rotatable bonds is 4. The van der Waals surface area contributed by atoms with Crippen molar-refractivity contribution in [3.63, 3.8) is 0 Å². The van der Waals surface area contributed by atoms with E-state index in [1.807, 2.05) is 24.3 Å². The maximum absolute atomic E-state index is 5.84. The van der Waals surface area contributed by atoms with Crippen LogP contribution in [0.3, 0.4) is 0 Å². The van der Waals surface area contributed by atoms with Gasteiger partial charge in [-0.2, -0.15) is 0 Å². The van der Waals surface area contributed by atoms with Gasteiger partial charge in [0, 0.05) is 23.8 Å². The number of likely N-dealkylation sites (N-methyl/N-ethyl adjacent to an activating group) is 1. The third kappa shape index (κ3) is 4.15. The molecule has 0 unspecified atom stereocenters. The van der Waals surface area contributed by atoms with Crippen molar-refractivity contribution in [3.05, 3.63) is 29.3 Å². The Hall–Kier alpha value is -0.730. The molecule has 1 aromatic rings. The molecule has 0 saturated heterocycles. The summed E-state index contributed by atoms with van der Waals surface area (Å²) in [7, 11) is 4.11. The maximum atomic E-state index is 5.84. The number of halogens is 1. The van der Waals surface area contributed by atoms with Crippen LogP contribution in [0.1, 0.15) is 0 Å². The molecular weight excluding hydrogens is 184 g/mol. The first kappa shape index (κ1) is 10.4. The molecule has 0 aliphatic carbocycles. The molecule has 1 aromatic carbocycles. The van der Waals surface area contributed by atoms with Crippen LogP contribution >= 0.6 is 11.6 Å². The highest BCUT2D eigenvalue weighted by atomic mass is 35.5. The van der Waals surface area contributed by atoms with E-state index >= 15 is 0 Å². The quantitative estimate of drug-likeness (QED) is 0.799. The zero-order valence-electron chi connectivity index (χ0n) is 8.05. The summed E-state index contributed by atoms with van der Waals surface area (Å²) in [6, 6.07) is 7.76. The van der Waals surface area contributed by atoms with Crippen molar-refractivity contribution < 1.29 is 0 Å². The van der Waals surface area contributed by atoms with Gasteiger partial charge in [0.05, 0.1) is 0 Å². The Morgan fingerprint density at radius 1 is 1.38 bits per heavy atom. The lowest BCUT2D eigenvalue weighted by atomic mass is 10.3. The van der Waals surface area contributed by atoms with Gasteiger partial charge >= 0.3 is 0 Å². The van der Waals surface area contributed by atoms with E-state index < -0.39 is 0 Å². The fourth-order valence-corrected chi connectivity index (χ4v) is 1.21. The summed E-state index contributed by atoms with van der Waals surface area (Å²) in [5, 5.41) is 4.06. The van der Waals surface area contributed by atoms with Crippen molar-refractivity contribution in [2.45, 2.75) is 0 Å². The number of anilines is 1. The largest absolute Gasteiger partial charge is 0.384 e. The summed E-state index contributed by atoms with van der Waals surface area (Å²) >= 11 is 5.84. The van der Waals surface area contributed by atoms with Gasteiger partial charge in [-0.15, -0.1) is 0 Å². The van der Waals surface area contributed by atoms with E-state index in [1.54, 1.807) is 0 Å². The van der Waals surface area contributed by atoms with Crippen LogP contribution in [0.15, 0.2) is 24.3 Å². The van der Waals surface area contributed by atoms with E-state index in [4.69, 9.17) is 11.6 Å². The lowest BCUT2D eigenvalue weighted by Crippen LogP contribution is -2.20. The van der Waals surface area contributed by atoms with E-state index in [0.29, 0.717) is 0 Å². The van der Waals surface area contributed by atoms with Crippen LogP contribution in [0.4, 0.5) is 5.69 Å². The Kier molecular flexibility index (Phi) is 4.06. The molecule has 0 aliphatic heterocycles. The van der Waals surface area contributed by atoms with Gasteiger partial charge in [0.15, 0.2) is 0 Å². The second-order valence-corrected chi connectivity index (χ2v) is 3.68. The first-order valence-electron chi connectivity index (χ1n) is 4.32. The summed E-state index contributed by atoms with van der Waals surface area (Å²) in [4.78, 5) is 2.14. The van der Waals surface area contributed by atoms with Crippen molar-refractivity contribution in [2.75, 3.05) is 32.5 Å². The van der Waals surface area contributed by atoms with E-state index in [0.717, 1.165) is 23.8 Å². The van der Waals surface area contributed by atoms with Crippen LogP contribution in [0.25, 0.3) is 0 Å². The average Bonchev–Trinajstić information content (AvgIpc) is 2.03. The summed E-state index contributed by atoms with van der Waals surface area (Å²) in [5.74, 6) is 0. The molecule has 0 saturated carbocycles. The third-order valence-corrected chi connectivity index (χ3v) is 1.95. The molecule has 0 spiro atoms. The van der Waals surface area contributed by atoms with Gasteiger partial charge in [-0.05, 0) is 32.3 Å². The number of hydrogen-bond acceptors (Lipinski definition) is 2. The molecule has 1 N–H and O–H groups in total. The average molecular weight is 199 g/mol. The first-order valence-corrected chi connectivity index (χ1v) is 4.70. The molecule has 1 rings (SSSR count). The molecule has 0 fully saturated rings. The van der Waals surface area contributed by atoms with Crippen LogP contribution in [-0.2, 0) is 0 Å². The molecule has 0 aliphatic rings. The highest BCUT2D eigenvalue weighted by Gasteiger charge is 1.93. The van der Waals surface area contributed by atoms with Crippen molar-refractivity contribution in [1.82, 2.24) is 4.90 Å². The number of nitrogens with zero attached hydrogens (tertiary/aromatic N) is 1. The highest BCUT2D eigenvalue weighted by Crippen LogP contribution is 2.14. The smallest absolute Gasteiger partial charge is 0.0426 e. The monoisotopic (exact) mass is 198 g/mol. The Bertz CT molecular complexity index is 261. The summed E-state index contributed by atoms with van der Waals surface area (Å²) in [6.07, 6.45) is 0. The maximum Gasteiger partial charge on any atom is 0.0426 e. The molecular formula is C10H15ClN2. The minimum absolute atomic E-state index is 0.773. The number of benzene rings is 1. The molecule has 0 aromatic heterocycles. The highest BCUT2D eigenvalue weighted by molar-refractivity contribution is 6.30. The summed E-state index contributed by atoms with van der Waals surface area (Å²) in [5.41, 5.74) is 1.08. The molecule has 3 heteroatoms. The second-order valence-electron chi connectivity index (χ2n) is 3.24. The van der Waals surface area contributed by atoms with Crippen LogP contribution in [0.2, 0.25) is 5.02 Å². The molecule has 0 heterocycles. The van der Waals surface area contributed by atoms with Crippen LogP contribution in [0.5, 0.6) is 0 Å². The summed E-state index contributed by atoms with van der Waals surface area (Å²) in [6.45, 7) is 1.96. The minimum Gasteiger partial charge on any atom is -0.384 e. The molecule has 0 atom stereocenters. The van der Waals surface area contributed by atoms with Gasteiger partial charge in [0.1, 0.15) is 0 Å². The SMILES string of the molecule is CN(C)CCNc1cccc(Cl)c1. The lowest BCUT2D eigenvalue weighted by Gasteiger charge is -2.11. The zero-order valence-corrected chi connectivity index (χ0v) is 8.80. The topological polar surface area (TPSA) is 15.3 Å². The van der Waals surface area contributed by atoms with Crippen LogP contribution in [0, 0.1) is 0 Å². The number of nitrogens with one attached hydrogen (secondary N) is 1.